The topological polar surface area (TPSA) is 193 Å². The lowest BCUT2D eigenvalue weighted by atomic mass is 9.88. The Balaban J connectivity index is 1.66. The molecule has 0 fully saturated rings. The molecule has 0 radical (unpaired) electrons. The number of aromatic hydroxyl groups is 1. The molecule has 3 aromatic rings. The van der Waals surface area contributed by atoms with Crippen LogP contribution in [0.25, 0.3) is 11.0 Å². The third kappa shape index (κ3) is 5.22. The maximum atomic E-state index is 13.2. The van der Waals surface area contributed by atoms with Crippen molar-refractivity contribution >= 4 is 46.3 Å². The second-order valence-corrected chi connectivity index (χ2v) is 10.2. The number of non-ortho nitro benzene ring substituents is 1. The Hall–Kier alpha value is -4.43. The van der Waals surface area contributed by atoms with Gasteiger partial charge in [0.25, 0.3) is 5.69 Å². The number of rotatable bonds is 8. The van der Waals surface area contributed by atoms with E-state index in [9.17, 15) is 39.5 Å². The van der Waals surface area contributed by atoms with Crippen molar-refractivity contribution in [1.82, 2.24) is 0 Å². The third-order valence-electron chi connectivity index (χ3n) is 6.41. The molecule has 0 aliphatic carbocycles. The molecule has 1 unspecified atom stereocenters. The number of aliphatic hydroxyl groups is 1. The molecule has 1 aliphatic heterocycles. The van der Waals surface area contributed by atoms with E-state index in [2.05, 4.69) is 0 Å². The molecular formula is C26H23NO12S. The number of phenolic OH excluding ortho intramolecular Hbond substituents is 1. The van der Waals surface area contributed by atoms with Crippen LogP contribution in [0.1, 0.15) is 27.9 Å². The number of methoxy groups -OCH3 is 2. The Morgan fingerprint density at radius 1 is 1.20 bits per heavy atom. The number of aryl methyl sites for hydroxylation is 1. The summed E-state index contributed by atoms with van der Waals surface area (Å²) in [5.74, 6) is -3.63. The third-order valence-corrected chi connectivity index (χ3v) is 7.79. The van der Waals surface area contributed by atoms with Crippen LogP contribution in [0.5, 0.6) is 5.75 Å². The minimum Gasteiger partial charge on any atom is -0.507 e. The fraction of sp³-hybridized carbons (Fsp3) is 0.308. The van der Waals surface area contributed by atoms with E-state index in [1.54, 1.807) is 13.0 Å². The Labute approximate surface area is 229 Å². The number of fused-ring (bicyclic) bond motifs is 2. The predicted octanol–water partition coefficient (Wildman–Crippen LogP) is 2.42. The van der Waals surface area contributed by atoms with Gasteiger partial charge in [-0.05, 0) is 43.2 Å². The van der Waals surface area contributed by atoms with Crippen molar-refractivity contribution in [3.8, 4) is 5.75 Å². The van der Waals surface area contributed by atoms with Crippen LogP contribution in [-0.2, 0) is 30.2 Å². The number of thioether (sulfide) groups is 1. The zero-order valence-corrected chi connectivity index (χ0v) is 22.2. The fourth-order valence-corrected chi connectivity index (χ4v) is 5.72. The molecule has 40 heavy (non-hydrogen) atoms. The van der Waals surface area contributed by atoms with Crippen LogP contribution in [-0.4, -0.2) is 64.2 Å². The minimum absolute atomic E-state index is 0.0586. The minimum atomic E-state index is -2.49. The summed E-state index contributed by atoms with van der Waals surface area (Å²) in [6.07, 6.45) is -2.83. The maximum Gasteiger partial charge on any atom is 0.347 e. The highest BCUT2D eigenvalue weighted by atomic mass is 32.2. The normalized spacial score (nSPS) is 16.4. The molecule has 210 valence electrons. The zero-order chi connectivity index (χ0) is 29.4. The smallest absolute Gasteiger partial charge is 0.347 e. The van der Waals surface area contributed by atoms with E-state index in [0.29, 0.717) is 5.56 Å². The van der Waals surface area contributed by atoms with Crippen molar-refractivity contribution in [2.75, 3.05) is 14.2 Å². The first-order valence-corrected chi connectivity index (χ1v) is 12.6. The zero-order valence-electron chi connectivity index (χ0n) is 21.4. The number of phenols is 1. The van der Waals surface area contributed by atoms with Gasteiger partial charge in [0, 0.05) is 18.6 Å². The fourth-order valence-electron chi connectivity index (χ4n) is 4.37. The molecular weight excluding hydrogens is 550 g/mol. The van der Waals surface area contributed by atoms with E-state index < -0.39 is 51.6 Å². The number of esters is 3. The van der Waals surface area contributed by atoms with Gasteiger partial charge in [-0.15, -0.1) is 0 Å². The molecule has 1 aromatic heterocycles. The van der Waals surface area contributed by atoms with E-state index >= 15 is 0 Å². The largest absolute Gasteiger partial charge is 0.507 e. The molecule has 0 spiro atoms. The van der Waals surface area contributed by atoms with Crippen molar-refractivity contribution in [2.24, 2.45) is 0 Å². The van der Waals surface area contributed by atoms with Crippen molar-refractivity contribution in [3.05, 3.63) is 73.4 Å². The van der Waals surface area contributed by atoms with Gasteiger partial charge in [0.05, 0.1) is 35.5 Å². The summed E-state index contributed by atoms with van der Waals surface area (Å²) in [5, 5.41) is 31.7. The predicted molar refractivity (Wildman–Crippen MR) is 138 cm³/mol. The van der Waals surface area contributed by atoms with E-state index in [1.165, 1.54) is 6.07 Å². The van der Waals surface area contributed by atoms with Gasteiger partial charge in [0.2, 0.25) is 11.5 Å². The summed E-state index contributed by atoms with van der Waals surface area (Å²) in [7, 11) is 2.02. The molecule has 0 saturated carbocycles. The first kappa shape index (κ1) is 28.6. The first-order chi connectivity index (χ1) is 18.9. The van der Waals surface area contributed by atoms with Gasteiger partial charge in [0.15, 0.2) is 10.7 Å². The summed E-state index contributed by atoms with van der Waals surface area (Å²) in [6, 6.07) is 7.31. The van der Waals surface area contributed by atoms with Crippen LogP contribution in [0, 0.1) is 17.0 Å². The summed E-state index contributed by atoms with van der Waals surface area (Å²) in [5.41, 5.74) is -2.61. The highest BCUT2D eigenvalue weighted by Gasteiger charge is 2.53. The van der Waals surface area contributed by atoms with Gasteiger partial charge >= 0.3 is 17.9 Å². The molecule has 14 heteroatoms. The number of nitro groups is 1. The van der Waals surface area contributed by atoms with E-state index in [0.717, 1.165) is 50.2 Å². The van der Waals surface area contributed by atoms with Crippen LogP contribution < -0.4 is 5.43 Å². The molecule has 2 aromatic carbocycles. The lowest BCUT2D eigenvalue weighted by Crippen LogP contribution is -2.53. The number of ether oxygens (including phenoxy) is 3. The van der Waals surface area contributed by atoms with Crippen molar-refractivity contribution in [3.63, 3.8) is 0 Å². The standard InChI is InChI=1S/C26H23NO12S/c1-12-8-16(28)20-17(9-12)39-24-15(21(20)29)10-19(40-24)26(33,25(32)37-3)11-18(23(31)36-2)38-22(30)13-4-6-14(7-5-13)27(34)35/h4-9,18-19,28,33H,10-11H2,1-3H3/t18-,19?,26-/m1/s1. The lowest BCUT2D eigenvalue weighted by Gasteiger charge is -2.32. The monoisotopic (exact) mass is 573 g/mol. The van der Waals surface area contributed by atoms with Crippen LogP contribution in [0.2, 0.25) is 0 Å². The molecule has 0 amide bonds. The average Bonchev–Trinajstić information content (AvgIpc) is 3.36. The van der Waals surface area contributed by atoms with Gasteiger partial charge < -0.3 is 28.8 Å². The quantitative estimate of drug-likeness (QED) is 0.173. The number of carbonyl (C=O) groups excluding carboxylic acids is 3. The number of hydrogen-bond acceptors (Lipinski definition) is 13. The summed E-state index contributed by atoms with van der Waals surface area (Å²) in [4.78, 5) is 61.6. The van der Waals surface area contributed by atoms with Crippen LogP contribution >= 0.6 is 11.8 Å². The highest BCUT2D eigenvalue weighted by molar-refractivity contribution is 8.00. The Morgan fingerprint density at radius 3 is 2.48 bits per heavy atom. The highest BCUT2D eigenvalue weighted by Crippen LogP contribution is 2.45. The van der Waals surface area contributed by atoms with Gasteiger partial charge in [-0.3, -0.25) is 14.9 Å². The van der Waals surface area contributed by atoms with Crippen molar-refractivity contribution in [1.29, 1.82) is 0 Å². The number of carbonyl (C=O) groups is 3. The summed E-state index contributed by atoms with van der Waals surface area (Å²) in [6.45, 7) is 1.70. The van der Waals surface area contributed by atoms with Crippen molar-refractivity contribution in [2.45, 2.75) is 41.8 Å². The molecule has 13 nitrogen and oxygen atoms in total. The van der Waals surface area contributed by atoms with Gasteiger partial charge in [-0.1, -0.05) is 11.8 Å². The van der Waals surface area contributed by atoms with Crippen LogP contribution in [0.15, 0.2) is 50.7 Å². The van der Waals surface area contributed by atoms with Crippen molar-refractivity contribution < 1.29 is 48.1 Å². The number of hydrogen-bond donors (Lipinski definition) is 2. The molecule has 2 heterocycles. The van der Waals surface area contributed by atoms with E-state index in [-0.39, 0.29) is 45.0 Å². The van der Waals surface area contributed by atoms with Crippen LogP contribution in [0.3, 0.4) is 0 Å². The van der Waals surface area contributed by atoms with E-state index in [4.69, 9.17) is 18.6 Å². The molecule has 0 bridgehead atoms. The molecule has 3 atom stereocenters. The summed E-state index contributed by atoms with van der Waals surface area (Å²) < 4.78 is 20.6. The number of nitro benzene ring substituents is 1. The van der Waals surface area contributed by atoms with Gasteiger partial charge in [-0.25, -0.2) is 14.4 Å². The Morgan fingerprint density at radius 2 is 1.88 bits per heavy atom. The van der Waals surface area contributed by atoms with E-state index in [1.807, 2.05) is 0 Å². The average molecular weight is 574 g/mol. The van der Waals surface area contributed by atoms with Gasteiger partial charge in [-0.2, -0.15) is 0 Å². The SMILES string of the molecule is COC(=O)[C@@H](C[C@](O)(C(=O)OC)C1Cc2c(oc3cc(C)cc(O)c3c2=O)S1)OC(=O)c1ccc([N+](=O)[O-])cc1. The maximum absolute atomic E-state index is 13.2. The van der Waals surface area contributed by atoms with Gasteiger partial charge in [0.1, 0.15) is 16.7 Å². The molecule has 2 N–H and O–H groups in total. The number of benzene rings is 2. The Bertz CT molecular complexity index is 1580. The second-order valence-electron chi connectivity index (χ2n) is 9.01. The Kier molecular flexibility index (Phi) is 7.84. The lowest BCUT2D eigenvalue weighted by molar-refractivity contribution is -0.384. The molecule has 1 aliphatic rings. The molecule has 4 rings (SSSR count). The second kappa shape index (κ2) is 11.0. The first-order valence-electron chi connectivity index (χ1n) is 11.7. The number of nitrogens with zero attached hydrogens (tertiary/aromatic N) is 1. The van der Waals surface area contributed by atoms with Crippen LogP contribution in [0.4, 0.5) is 5.69 Å². The summed E-state index contributed by atoms with van der Waals surface area (Å²) >= 11 is 0.853. The molecule has 0 saturated heterocycles.